The summed E-state index contributed by atoms with van der Waals surface area (Å²) in [5, 5.41) is 3.03. The summed E-state index contributed by atoms with van der Waals surface area (Å²) in [7, 11) is -2.83. The Balaban J connectivity index is 1.86. The zero-order valence-corrected chi connectivity index (χ0v) is 10.8. The fraction of sp³-hybridized carbons (Fsp3) is 0.583. The second-order valence-corrected chi connectivity index (χ2v) is 6.96. The molecule has 0 spiro atoms. The zero-order chi connectivity index (χ0) is 12.3. The minimum absolute atomic E-state index is 0.195. The summed E-state index contributed by atoms with van der Waals surface area (Å²) in [4.78, 5) is 4.07. The molecule has 1 aromatic heterocycles. The largest absolute Gasteiger partial charge is 0.311 e. The van der Waals surface area contributed by atoms with Gasteiger partial charge in [0.05, 0.1) is 11.0 Å². The predicted octanol–water partition coefficient (Wildman–Crippen LogP) is 1.06. The van der Waals surface area contributed by atoms with Crippen molar-refractivity contribution in [2.24, 2.45) is 0 Å². The number of nitrogens with one attached hydrogen (secondary N) is 1. The van der Waals surface area contributed by atoms with Gasteiger partial charge in [-0.1, -0.05) is 0 Å². The third kappa shape index (κ3) is 3.04. The summed E-state index contributed by atoms with van der Waals surface area (Å²) in [6, 6.07) is 1.96. The quantitative estimate of drug-likeness (QED) is 0.872. The maximum absolute atomic E-state index is 11.6. The van der Waals surface area contributed by atoms with E-state index in [9.17, 15) is 8.42 Å². The van der Waals surface area contributed by atoms with Crippen LogP contribution in [0.1, 0.15) is 24.0 Å². The molecule has 0 amide bonds. The molecule has 5 heteroatoms. The van der Waals surface area contributed by atoms with Crippen LogP contribution in [0.25, 0.3) is 0 Å². The molecule has 0 saturated carbocycles. The first-order valence-electron chi connectivity index (χ1n) is 5.91. The number of hydrogen-bond donors (Lipinski definition) is 1. The van der Waals surface area contributed by atoms with Crippen molar-refractivity contribution in [1.29, 1.82) is 0 Å². The Morgan fingerprint density at radius 3 is 3.00 bits per heavy atom. The summed E-state index contributed by atoms with van der Waals surface area (Å²) in [5.74, 6) is 0.352. The fourth-order valence-corrected chi connectivity index (χ4v) is 3.94. The van der Waals surface area contributed by atoms with Gasteiger partial charge in [0, 0.05) is 25.5 Å². The molecule has 2 heterocycles. The van der Waals surface area contributed by atoms with Crippen LogP contribution in [0.4, 0.5) is 0 Å². The van der Waals surface area contributed by atoms with E-state index < -0.39 is 9.84 Å². The summed E-state index contributed by atoms with van der Waals surface area (Å²) < 4.78 is 23.2. The highest BCUT2D eigenvalue weighted by Gasteiger charge is 2.30. The van der Waals surface area contributed by atoms with Gasteiger partial charge in [-0.05, 0) is 37.0 Å². The molecular formula is C12H18N2O2S. The van der Waals surface area contributed by atoms with Crippen molar-refractivity contribution in [3.05, 3.63) is 29.6 Å². The van der Waals surface area contributed by atoms with Gasteiger partial charge in [-0.2, -0.15) is 0 Å². The van der Waals surface area contributed by atoms with Gasteiger partial charge in [0.15, 0.2) is 9.84 Å². The molecule has 1 aromatic rings. The molecule has 1 fully saturated rings. The van der Waals surface area contributed by atoms with Crippen LogP contribution >= 0.6 is 0 Å². The Kier molecular flexibility index (Phi) is 3.79. The van der Waals surface area contributed by atoms with Crippen molar-refractivity contribution in [2.75, 3.05) is 12.3 Å². The van der Waals surface area contributed by atoms with E-state index in [1.807, 2.05) is 19.2 Å². The van der Waals surface area contributed by atoms with Crippen LogP contribution in [-0.4, -0.2) is 30.9 Å². The van der Waals surface area contributed by atoms with Crippen LogP contribution in [0, 0.1) is 6.92 Å². The molecular weight excluding hydrogens is 236 g/mol. The van der Waals surface area contributed by atoms with Gasteiger partial charge < -0.3 is 5.32 Å². The molecule has 0 radical (unpaired) electrons. The van der Waals surface area contributed by atoms with Gasteiger partial charge in [0.2, 0.25) is 0 Å². The topological polar surface area (TPSA) is 59.1 Å². The number of aromatic nitrogens is 1. The number of hydrogen-bond acceptors (Lipinski definition) is 4. The Morgan fingerprint density at radius 1 is 1.53 bits per heavy atom. The number of rotatable bonds is 4. The SMILES string of the molecule is Cc1ccncc1CNCC1CCCS1(=O)=O. The lowest BCUT2D eigenvalue weighted by Gasteiger charge is -2.11. The second kappa shape index (κ2) is 5.14. The lowest BCUT2D eigenvalue weighted by molar-refractivity contribution is 0.573. The van der Waals surface area contributed by atoms with Crippen LogP contribution in [0.3, 0.4) is 0 Å². The minimum atomic E-state index is -2.83. The molecule has 0 bridgehead atoms. The van der Waals surface area contributed by atoms with Crippen molar-refractivity contribution < 1.29 is 8.42 Å². The first-order chi connectivity index (χ1) is 8.09. The molecule has 1 saturated heterocycles. The highest BCUT2D eigenvalue weighted by Crippen LogP contribution is 2.19. The smallest absolute Gasteiger partial charge is 0.154 e. The van der Waals surface area contributed by atoms with E-state index in [2.05, 4.69) is 10.3 Å². The van der Waals surface area contributed by atoms with Gasteiger partial charge in [0.25, 0.3) is 0 Å². The lowest BCUT2D eigenvalue weighted by atomic mass is 10.1. The van der Waals surface area contributed by atoms with E-state index in [1.165, 1.54) is 5.56 Å². The number of aryl methyl sites for hydroxylation is 1. The molecule has 2 rings (SSSR count). The molecule has 4 nitrogen and oxygen atoms in total. The Labute approximate surface area is 102 Å². The van der Waals surface area contributed by atoms with Crippen molar-refractivity contribution in [3.8, 4) is 0 Å². The van der Waals surface area contributed by atoms with Crippen LogP contribution < -0.4 is 5.32 Å². The third-order valence-corrected chi connectivity index (χ3v) is 5.57. The van der Waals surface area contributed by atoms with Gasteiger partial charge in [-0.25, -0.2) is 8.42 Å². The normalized spacial score (nSPS) is 22.8. The van der Waals surface area contributed by atoms with Crippen LogP contribution in [0.2, 0.25) is 0 Å². The van der Waals surface area contributed by atoms with Crippen molar-refractivity contribution in [3.63, 3.8) is 0 Å². The molecule has 1 unspecified atom stereocenters. The summed E-state index contributed by atoms with van der Waals surface area (Å²) in [6.45, 7) is 3.27. The Hall–Kier alpha value is -0.940. The van der Waals surface area contributed by atoms with Crippen molar-refractivity contribution in [2.45, 2.75) is 31.6 Å². The van der Waals surface area contributed by atoms with Gasteiger partial charge in [-0.15, -0.1) is 0 Å². The maximum atomic E-state index is 11.6. The Bertz CT molecular complexity index is 485. The highest BCUT2D eigenvalue weighted by atomic mass is 32.2. The average molecular weight is 254 g/mol. The molecule has 1 aliphatic heterocycles. The number of sulfone groups is 1. The van der Waals surface area contributed by atoms with Crippen LogP contribution in [-0.2, 0) is 16.4 Å². The van der Waals surface area contributed by atoms with Crippen LogP contribution in [0.5, 0.6) is 0 Å². The molecule has 0 aliphatic carbocycles. The van der Waals surface area contributed by atoms with Crippen LogP contribution in [0.15, 0.2) is 18.5 Å². The fourth-order valence-electron chi connectivity index (χ4n) is 2.14. The minimum Gasteiger partial charge on any atom is -0.311 e. The molecule has 1 atom stereocenters. The summed E-state index contributed by atoms with van der Waals surface area (Å²) in [6.07, 6.45) is 5.19. The number of nitrogens with zero attached hydrogens (tertiary/aromatic N) is 1. The van der Waals surface area contributed by atoms with E-state index in [4.69, 9.17) is 0 Å². The van der Waals surface area contributed by atoms with Gasteiger partial charge in [-0.3, -0.25) is 4.98 Å². The maximum Gasteiger partial charge on any atom is 0.154 e. The van der Waals surface area contributed by atoms with E-state index >= 15 is 0 Å². The predicted molar refractivity (Wildman–Crippen MR) is 67.5 cm³/mol. The first-order valence-corrected chi connectivity index (χ1v) is 7.63. The monoisotopic (exact) mass is 254 g/mol. The summed E-state index contributed by atoms with van der Waals surface area (Å²) >= 11 is 0. The van der Waals surface area contributed by atoms with E-state index in [0.717, 1.165) is 18.4 Å². The van der Waals surface area contributed by atoms with Crippen molar-refractivity contribution >= 4 is 9.84 Å². The molecule has 94 valence electrons. The average Bonchev–Trinajstić information content (AvgIpc) is 2.61. The lowest BCUT2D eigenvalue weighted by Crippen LogP contribution is -2.30. The highest BCUT2D eigenvalue weighted by molar-refractivity contribution is 7.92. The van der Waals surface area contributed by atoms with E-state index in [1.54, 1.807) is 6.20 Å². The van der Waals surface area contributed by atoms with E-state index in [0.29, 0.717) is 18.8 Å². The van der Waals surface area contributed by atoms with Crippen molar-refractivity contribution in [1.82, 2.24) is 10.3 Å². The van der Waals surface area contributed by atoms with Gasteiger partial charge >= 0.3 is 0 Å². The second-order valence-electron chi connectivity index (χ2n) is 4.56. The molecule has 17 heavy (non-hydrogen) atoms. The third-order valence-electron chi connectivity index (χ3n) is 3.30. The molecule has 0 aromatic carbocycles. The summed E-state index contributed by atoms with van der Waals surface area (Å²) in [5.41, 5.74) is 2.31. The van der Waals surface area contributed by atoms with Gasteiger partial charge in [0.1, 0.15) is 0 Å². The number of pyridine rings is 1. The van der Waals surface area contributed by atoms with E-state index in [-0.39, 0.29) is 5.25 Å². The zero-order valence-electron chi connectivity index (χ0n) is 10.0. The standard InChI is InChI=1S/C12H18N2O2S/c1-10-4-5-13-7-11(10)8-14-9-12-3-2-6-17(12,15)16/h4-5,7,12,14H,2-3,6,8-9H2,1H3. The molecule has 1 N–H and O–H groups in total. The molecule has 1 aliphatic rings. The first kappa shape index (κ1) is 12.5. The Morgan fingerprint density at radius 2 is 2.35 bits per heavy atom.